The van der Waals surface area contributed by atoms with Crippen molar-refractivity contribution in [3.63, 3.8) is 0 Å². The maximum absolute atomic E-state index is 12.4. The van der Waals surface area contributed by atoms with Crippen molar-refractivity contribution in [2.45, 2.75) is 6.10 Å². The van der Waals surface area contributed by atoms with Crippen LogP contribution in [0.25, 0.3) is 0 Å². The van der Waals surface area contributed by atoms with Gasteiger partial charge < -0.3 is 19.3 Å². The van der Waals surface area contributed by atoms with Crippen molar-refractivity contribution in [2.75, 3.05) is 45.3 Å². The van der Waals surface area contributed by atoms with Gasteiger partial charge in [0.2, 0.25) is 5.95 Å². The van der Waals surface area contributed by atoms with Crippen LogP contribution in [0.1, 0.15) is 11.8 Å². The minimum absolute atomic E-state index is 0.0227. The van der Waals surface area contributed by atoms with Crippen LogP contribution in [0.4, 0.5) is 5.95 Å². The molecule has 8 heteroatoms. The molecule has 1 aliphatic rings. The first-order chi connectivity index (χ1) is 12.1. The van der Waals surface area contributed by atoms with Gasteiger partial charge in [-0.05, 0) is 18.2 Å². The van der Waals surface area contributed by atoms with Crippen LogP contribution in [0.15, 0.2) is 36.8 Å². The Kier molecular flexibility index (Phi) is 5.39. The van der Waals surface area contributed by atoms with Gasteiger partial charge in [-0.3, -0.25) is 9.78 Å². The smallest absolute Gasteiger partial charge is 0.260 e. The van der Waals surface area contributed by atoms with Crippen molar-refractivity contribution < 1.29 is 14.3 Å². The van der Waals surface area contributed by atoms with Gasteiger partial charge in [0.1, 0.15) is 11.9 Å². The normalized spacial score (nSPS) is 17.2. The highest BCUT2D eigenvalue weighted by Gasteiger charge is 2.27. The van der Waals surface area contributed by atoms with Gasteiger partial charge in [-0.25, -0.2) is 9.97 Å². The zero-order chi connectivity index (χ0) is 17.6. The molecule has 0 aliphatic carbocycles. The number of carbonyl (C=O) groups is 1. The maximum Gasteiger partial charge on any atom is 0.260 e. The standard InChI is InChI=1S/C17H21N5O3/c1-21(2)17-19-7-5-14(20-17)15-11-22(8-9-24-15)16(23)12-25-13-4-3-6-18-10-13/h3-7,10,15H,8-9,11-12H2,1-2H3/t15-/m0/s1. The number of morpholine rings is 1. The second-order valence-corrected chi connectivity index (χ2v) is 5.85. The minimum Gasteiger partial charge on any atom is -0.482 e. The van der Waals surface area contributed by atoms with Gasteiger partial charge in [0.05, 0.1) is 25.0 Å². The van der Waals surface area contributed by atoms with Gasteiger partial charge in [-0.2, -0.15) is 0 Å². The van der Waals surface area contributed by atoms with Crippen LogP contribution < -0.4 is 9.64 Å². The molecule has 0 unspecified atom stereocenters. The largest absolute Gasteiger partial charge is 0.482 e. The number of carbonyl (C=O) groups excluding carboxylic acids is 1. The maximum atomic E-state index is 12.4. The summed E-state index contributed by atoms with van der Waals surface area (Å²) in [5, 5.41) is 0. The first-order valence-corrected chi connectivity index (χ1v) is 8.06. The predicted octanol–water partition coefficient (Wildman–Crippen LogP) is 0.916. The molecular formula is C17H21N5O3. The lowest BCUT2D eigenvalue weighted by Gasteiger charge is -2.32. The third-order valence-electron chi connectivity index (χ3n) is 3.81. The van der Waals surface area contributed by atoms with Crippen LogP contribution in [-0.2, 0) is 9.53 Å². The molecule has 2 aromatic heterocycles. The summed E-state index contributed by atoms with van der Waals surface area (Å²) in [6.45, 7) is 1.42. The number of hydrogen-bond acceptors (Lipinski definition) is 7. The third kappa shape index (κ3) is 4.42. The lowest BCUT2D eigenvalue weighted by molar-refractivity contribution is -0.141. The monoisotopic (exact) mass is 343 g/mol. The molecule has 2 aromatic rings. The lowest BCUT2D eigenvalue weighted by Crippen LogP contribution is -2.44. The second kappa shape index (κ2) is 7.89. The van der Waals surface area contributed by atoms with Crippen LogP contribution in [0.3, 0.4) is 0 Å². The lowest BCUT2D eigenvalue weighted by atomic mass is 10.2. The second-order valence-electron chi connectivity index (χ2n) is 5.85. The summed E-state index contributed by atoms with van der Waals surface area (Å²) in [4.78, 5) is 28.6. The Hall–Kier alpha value is -2.74. The number of nitrogens with zero attached hydrogens (tertiary/aromatic N) is 5. The highest BCUT2D eigenvalue weighted by molar-refractivity contribution is 5.77. The number of pyridine rings is 1. The minimum atomic E-state index is -0.266. The number of hydrogen-bond donors (Lipinski definition) is 0. The predicted molar refractivity (Wildman–Crippen MR) is 91.4 cm³/mol. The highest BCUT2D eigenvalue weighted by atomic mass is 16.5. The average Bonchev–Trinajstić information content (AvgIpc) is 2.67. The van der Waals surface area contributed by atoms with Crippen molar-refractivity contribution in [1.82, 2.24) is 19.9 Å². The van der Waals surface area contributed by atoms with E-state index in [1.165, 1.54) is 0 Å². The number of anilines is 1. The summed E-state index contributed by atoms with van der Waals surface area (Å²) in [5.41, 5.74) is 0.768. The Balaban J connectivity index is 1.60. The molecule has 132 valence electrons. The molecule has 1 fully saturated rings. The molecule has 0 bridgehead atoms. The summed E-state index contributed by atoms with van der Waals surface area (Å²) in [6, 6.07) is 5.35. The Morgan fingerprint density at radius 3 is 3.04 bits per heavy atom. The van der Waals surface area contributed by atoms with Gasteiger partial charge >= 0.3 is 0 Å². The van der Waals surface area contributed by atoms with E-state index in [0.717, 1.165) is 5.69 Å². The van der Waals surface area contributed by atoms with Crippen LogP contribution in [-0.4, -0.2) is 66.2 Å². The summed E-state index contributed by atoms with van der Waals surface area (Å²) in [7, 11) is 3.76. The molecule has 1 amide bonds. The topological polar surface area (TPSA) is 80.7 Å². The van der Waals surface area contributed by atoms with E-state index in [4.69, 9.17) is 9.47 Å². The summed E-state index contributed by atoms with van der Waals surface area (Å²) in [6.07, 6.45) is 4.68. The molecule has 0 aromatic carbocycles. The van der Waals surface area contributed by atoms with E-state index in [9.17, 15) is 4.79 Å². The van der Waals surface area contributed by atoms with Gasteiger partial charge in [-0.15, -0.1) is 0 Å². The highest BCUT2D eigenvalue weighted by Crippen LogP contribution is 2.21. The first kappa shape index (κ1) is 17.1. The molecule has 0 spiro atoms. The van der Waals surface area contributed by atoms with Crippen LogP contribution in [0, 0.1) is 0 Å². The molecule has 8 nitrogen and oxygen atoms in total. The van der Waals surface area contributed by atoms with E-state index in [1.807, 2.05) is 25.1 Å². The first-order valence-electron chi connectivity index (χ1n) is 8.06. The number of amides is 1. The molecule has 0 saturated carbocycles. The summed E-state index contributed by atoms with van der Waals surface area (Å²) < 4.78 is 11.3. The molecule has 3 heterocycles. The Labute approximate surface area is 146 Å². The average molecular weight is 343 g/mol. The van der Waals surface area contributed by atoms with Crippen LogP contribution in [0.2, 0.25) is 0 Å². The Bertz CT molecular complexity index is 710. The quantitative estimate of drug-likeness (QED) is 0.798. The van der Waals surface area contributed by atoms with Crippen molar-refractivity contribution in [2.24, 2.45) is 0 Å². The van der Waals surface area contributed by atoms with Gasteiger partial charge in [0, 0.05) is 33.0 Å². The number of aromatic nitrogens is 3. The fourth-order valence-corrected chi connectivity index (χ4v) is 2.48. The summed E-state index contributed by atoms with van der Waals surface area (Å²) >= 11 is 0. The molecular weight excluding hydrogens is 322 g/mol. The third-order valence-corrected chi connectivity index (χ3v) is 3.81. The Morgan fingerprint density at radius 2 is 2.28 bits per heavy atom. The SMILES string of the molecule is CN(C)c1nccc([C@@H]2CN(C(=O)COc3cccnc3)CCO2)n1. The molecule has 3 rings (SSSR count). The van der Waals surface area contributed by atoms with E-state index in [1.54, 1.807) is 35.6 Å². The van der Waals surface area contributed by atoms with E-state index in [0.29, 0.717) is 31.4 Å². The number of rotatable bonds is 5. The van der Waals surface area contributed by atoms with Crippen molar-refractivity contribution in [1.29, 1.82) is 0 Å². The number of ether oxygens (including phenoxy) is 2. The van der Waals surface area contributed by atoms with Gasteiger partial charge in [0.25, 0.3) is 5.91 Å². The summed E-state index contributed by atoms with van der Waals surface area (Å²) in [5.74, 6) is 1.11. The van der Waals surface area contributed by atoms with E-state index < -0.39 is 0 Å². The van der Waals surface area contributed by atoms with E-state index in [2.05, 4.69) is 15.0 Å². The van der Waals surface area contributed by atoms with Crippen LogP contribution >= 0.6 is 0 Å². The molecule has 1 saturated heterocycles. The van der Waals surface area contributed by atoms with Gasteiger partial charge in [0.15, 0.2) is 6.61 Å². The van der Waals surface area contributed by atoms with E-state index in [-0.39, 0.29) is 18.6 Å². The van der Waals surface area contributed by atoms with Crippen LogP contribution in [0.5, 0.6) is 5.75 Å². The van der Waals surface area contributed by atoms with Crippen molar-refractivity contribution >= 4 is 11.9 Å². The van der Waals surface area contributed by atoms with Crippen molar-refractivity contribution in [3.05, 3.63) is 42.5 Å². The zero-order valence-electron chi connectivity index (χ0n) is 14.3. The fourth-order valence-electron chi connectivity index (χ4n) is 2.48. The van der Waals surface area contributed by atoms with E-state index >= 15 is 0 Å². The molecule has 25 heavy (non-hydrogen) atoms. The zero-order valence-corrected chi connectivity index (χ0v) is 14.3. The molecule has 0 radical (unpaired) electrons. The van der Waals surface area contributed by atoms with Crippen molar-refractivity contribution in [3.8, 4) is 5.75 Å². The molecule has 1 atom stereocenters. The van der Waals surface area contributed by atoms with Gasteiger partial charge in [-0.1, -0.05) is 0 Å². The molecule has 0 N–H and O–H groups in total. The molecule has 1 aliphatic heterocycles. The Morgan fingerprint density at radius 1 is 1.40 bits per heavy atom. The fraction of sp³-hybridized carbons (Fsp3) is 0.412.